The lowest BCUT2D eigenvalue weighted by Gasteiger charge is -2.21. The third-order valence-electron chi connectivity index (χ3n) is 21.0. The van der Waals surface area contributed by atoms with Crippen LogP contribution in [0.15, 0.2) is 0 Å². The summed E-state index contributed by atoms with van der Waals surface area (Å²) in [6.45, 7) is 12.0. The number of esters is 4. The molecule has 19 heteroatoms. The number of aliphatic hydroxyl groups is 1. The molecule has 0 aromatic rings. The molecule has 107 heavy (non-hydrogen) atoms. The molecule has 0 heterocycles. The molecule has 0 saturated heterocycles. The highest BCUT2D eigenvalue weighted by atomic mass is 31.2. The van der Waals surface area contributed by atoms with Crippen molar-refractivity contribution in [3.8, 4) is 0 Å². The Morgan fingerprint density at radius 3 is 0.710 bits per heavy atom. The average Bonchev–Trinajstić information content (AvgIpc) is 0.901. The highest BCUT2D eigenvalue weighted by molar-refractivity contribution is 7.47. The molecular formula is C88H172O17P2. The van der Waals surface area contributed by atoms with Gasteiger partial charge in [-0.25, -0.2) is 9.13 Å². The van der Waals surface area contributed by atoms with Gasteiger partial charge in [0.15, 0.2) is 12.2 Å². The Morgan fingerprint density at radius 1 is 0.271 bits per heavy atom. The van der Waals surface area contributed by atoms with Crippen LogP contribution in [0, 0.1) is 17.8 Å². The number of carbonyl (C=O) groups is 4. The standard InChI is InChI=1S/C88H172O17P2/c1-8-10-11-12-13-14-15-16-17-18-22-25-31-36-41-48-55-62-69-85(90)98-75-83(104-87(92)71-64-57-49-42-37-32-26-23-20-19-21-24-30-35-40-47-54-61-68-81(7)9-2)77-102-106(94,95)100-73-82(89)74-101-107(96,97)103-78-84(76-99-86(91)70-63-56-51-44-46-53-60-67-80(5)6)105-88(93)72-65-58-50-43-38-33-28-27-29-34-39-45-52-59-66-79(3)4/h79-84,89H,8-78H2,1-7H3,(H,94,95)(H,96,97)/t81?,82-,83-,84-/m1/s1. The Kier molecular flexibility index (Phi) is 76.6. The number of rotatable bonds is 86. The molecule has 0 aromatic carbocycles. The zero-order valence-corrected chi connectivity index (χ0v) is 72.4. The third kappa shape index (κ3) is 80.5. The van der Waals surface area contributed by atoms with E-state index in [1.165, 1.54) is 270 Å². The SMILES string of the molecule is CCCCCCCCCCCCCCCCCCCCC(=O)OC[C@H](COP(=O)(O)OC[C@@H](O)COP(=O)(O)OC[C@@H](COC(=O)CCCCCCCCCC(C)C)OC(=O)CCCCCCCCCCCCCCCCC(C)C)OC(=O)CCCCCCCCCCCCCCCCCCCCC(C)CC. The van der Waals surface area contributed by atoms with Crippen molar-refractivity contribution in [1.82, 2.24) is 0 Å². The summed E-state index contributed by atoms with van der Waals surface area (Å²) in [7, 11) is -9.93. The molecule has 0 aliphatic heterocycles. The summed E-state index contributed by atoms with van der Waals surface area (Å²) in [4.78, 5) is 73.3. The quantitative estimate of drug-likeness (QED) is 0.0222. The van der Waals surface area contributed by atoms with Crippen LogP contribution in [0.2, 0.25) is 0 Å². The number of unbranched alkanes of at least 4 members (excludes halogenated alkanes) is 53. The molecule has 0 aliphatic rings. The Balaban J connectivity index is 5.22. The van der Waals surface area contributed by atoms with E-state index < -0.39 is 97.5 Å². The van der Waals surface area contributed by atoms with Crippen molar-refractivity contribution in [2.45, 2.75) is 484 Å². The van der Waals surface area contributed by atoms with Crippen LogP contribution >= 0.6 is 15.6 Å². The summed E-state index contributed by atoms with van der Waals surface area (Å²) in [6.07, 6.45) is 69.5. The summed E-state index contributed by atoms with van der Waals surface area (Å²) >= 11 is 0. The van der Waals surface area contributed by atoms with Crippen LogP contribution in [0.4, 0.5) is 0 Å². The number of phosphoric acid groups is 2. The van der Waals surface area contributed by atoms with Crippen molar-refractivity contribution in [3.63, 3.8) is 0 Å². The van der Waals surface area contributed by atoms with Gasteiger partial charge in [-0.05, 0) is 43.4 Å². The van der Waals surface area contributed by atoms with Crippen molar-refractivity contribution in [3.05, 3.63) is 0 Å². The second-order valence-corrected chi connectivity index (χ2v) is 35.7. The first-order valence-corrected chi connectivity index (χ1v) is 48.4. The van der Waals surface area contributed by atoms with Gasteiger partial charge in [0.05, 0.1) is 26.4 Å². The summed E-state index contributed by atoms with van der Waals surface area (Å²) in [5, 5.41) is 10.7. The topological polar surface area (TPSA) is 237 Å². The normalized spacial score (nSPS) is 14.1. The average molecular weight is 1560 g/mol. The van der Waals surface area contributed by atoms with Gasteiger partial charge in [-0.1, -0.05) is 414 Å². The van der Waals surface area contributed by atoms with E-state index in [1.54, 1.807) is 0 Å². The van der Waals surface area contributed by atoms with Gasteiger partial charge in [0.25, 0.3) is 0 Å². The largest absolute Gasteiger partial charge is 0.472 e. The van der Waals surface area contributed by atoms with Crippen LogP contribution in [0.3, 0.4) is 0 Å². The van der Waals surface area contributed by atoms with E-state index in [9.17, 15) is 43.2 Å². The molecule has 3 N–H and O–H groups in total. The smallest absolute Gasteiger partial charge is 0.462 e. The first kappa shape index (κ1) is 105. The molecule has 0 saturated carbocycles. The lowest BCUT2D eigenvalue weighted by molar-refractivity contribution is -0.161. The summed E-state index contributed by atoms with van der Waals surface area (Å²) < 4.78 is 68.9. The van der Waals surface area contributed by atoms with Crippen LogP contribution in [0.25, 0.3) is 0 Å². The van der Waals surface area contributed by atoms with Gasteiger partial charge in [-0.2, -0.15) is 0 Å². The second-order valence-electron chi connectivity index (χ2n) is 32.8. The Bertz CT molecular complexity index is 2060. The van der Waals surface area contributed by atoms with Gasteiger partial charge in [0.1, 0.15) is 19.3 Å². The van der Waals surface area contributed by atoms with Gasteiger partial charge in [-0.3, -0.25) is 37.3 Å². The predicted octanol–water partition coefficient (Wildman–Crippen LogP) is 26.9. The van der Waals surface area contributed by atoms with Crippen molar-refractivity contribution >= 4 is 39.5 Å². The minimum absolute atomic E-state index is 0.107. The van der Waals surface area contributed by atoms with Crippen LogP contribution in [-0.4, -0.2) is 96.7 Å². The van der Waals surface area contributed by atoms with Crippen LogP contribution in [0.1, 0.15) is 466 Å². The molecule has 0 aliphatic carbocycles. The molecule has 0 rings (SSSR count). The number of phosphoric ester groups is 2. The monoisotopic (exact) mass is 1560 g/mol. The number of ether oxygens (including phenoxy) is 4. The number of hydrogen-bond donors (Lipinski definition) is 3. The van der Waals surface area contributed by atoms with E-state index in [0.29, 0.717) is 31.6 Å². The summed E-state index contributed by atoms with van der Waals surface area (Å²) in [5.41, 5.74) is 0. The molecule has 0 fully saturated rings. The number of hydrogen-bond acceptors (Lipinski definition) is 15. The Hall–Kier alpha value is -1.94. The minimum Gasteiger partial charge on any atom is -0.462 e. The fourth-order valence-corrected chi connectivity index (χ4v) is 15.3. The van der Waals surface area contributed by atoms with E-state index in [0.717, 1.165) is 108 Å². The van der Waals surface area contributed by atoms with Gasteiger partial charge in [0, 0.05) is 25.7 Å². The number of aliphatic hydroxyl groups excluding tert-OH is 1. The van der Waals surface area contributed by atoms with Crippen molar-refractivity contribution in [1.29, 1.82) is 0 Å². The molecule has 0 aromatic heterocycles. The lowest BCUT2D eigenvalue weighted by atomic mass is 9.99. The van der Waals surface area contributed by atoms with Crippen LogP contribution in [0.5, 0.6) is 0 Å². The van der Waals surface area contributed by atoms with E-state index in [4.69, 9.17) is 37.0 Å². The first-order chi connectivity index (χ1) is 51.8. The maximum Gasteiger partial charge on any atom is 0.472 e. The highest BCUT2D eigenvalue weighted by Crippen LogP contribution is 2.45. The Labute approximate surface area is 658 Å². The van der Waals surface area contributed by atoms with E-state index in [1.807, 2.05) is 0 Å². The fraction of sp³-hybridized carbons (Fsp3) is 0.955. The molecule has 17 nitrogen and oxygen atoms in total. The van der Waals surface area contributed by atoms with Crippen molar-refractivity contribution in [2.75, 3.05) is 39.6 Å². The number of carbonyl (C=O) groups excluding carboxylic acids is 4. The summed E-state index contributed by atoms with van der Waals surface area (Å²) in [5.74, 6) is 0.268. The molecule has 6 atom stereocenters. The zero-order valence-electron chi connectivity index (χ0n) is 70.6. The first-order valence-electron chi connectivity index (χ1n) is 45.4. The van der Waals surface area contributed by atoms with E-state index >= 15 is 0 Å². The van der Waals surface area contributed by atoms with Crippen molar-refractivity contribution in [2.24, 2.45) is 17.8 Å². The molecule has 0 spiro atoms. The molecule has 636 valence electrons. The second kappa shape index (κ2) is 78.0. The maximum atomic E-state index is 13.2. The maximum absolute atomic E-state index is 13.2. The van der Waals surface area contributed by atoms with Crippen molar-refractivity contribution < 1.29 is 80.2 Å². The molecular weight excluding hydrogens is 1390 g/mol. The molecule has 0 bridgehead atoms. The third-order valence-corrected chi connectivity index (χ3v) is 22.9. The summed E-state index contributed by atoms with van der Waals surface area (Å²) in [6, 6.07) is 0. The molecule has 0 amide bonds. The fourth-order valence-electron chi connectivity index (χ4n) is 13.7. The van der Waals surface area contributed by atoms with E-state index in [-0.39, 0.29) is 25.7 Å². The van der Waals surface area contributed by atoms with Gasteiger partial charge >= 0.3 is 39.5 Å². The van der Waals surface area contributed by atoms with Gasteiger partial charge in [0.2, 0.25) is 0 Å². The van der Waals surface area contributed by atoms with Crippen LogP contribution in [-0.2, 0) is 65.4 Å². The zero-order chi connectivity index (χ0) is 78.6. The van der Waals surface area contributed by atoms with Gasteiger partial charge < -0.3 is 33.8 Å². The highest BCUT2D eigenvalue weighted by Gasteiger charge is 2.31. The lowest BCUT2D eigenvalue weighted by Crippen LogP contribution is -2.30. The predicted molar refractivity (Wildman–Crippen MR) is 441 cm³/mol. The van der Waals surface area contributed by atoms with Gasteiger partial charge in [-0.15, -0.1) is 0 Å². The minimum atomic E-state index is -4.97. The molecule has 3 unspecified atom stereocenters. The molecule has 0 radical (unpaired) electrons. The van der Waals surface area contributed by atoms with Crippen LogP contribution < -0.4 is 0 Å². The Morgan fingerprint density at radius 2 is 0.477 bits per heavy atom. The van der Waals surface area contributed by atoms with E-state index in [2.05, 4.69) is 48.5 Å².